The van der Waals surface area contributed by atoms with Crippen molar-refractivity contribution in [3.8, 4) is 17.1 Å². The Morgan fingerprint density at radius 1 is 1.17 bits per heavy atom. The van der Waals surface area contributed by atoms with Crippen LogP contribution in [0.2, 0.25) is 0 Å². The van der Waals surface area contributed by atoms with E-state index < -0.39 is 22.8 Å². The average molecular weight is 509 g/mol. The molecule has 8 nitrogen and oxygen atoms in total. The molecule has 1 aromatic carbocycles. The molecule has 0 spiro atoms. The maximum Gasteiger partial charge on any atom is 0.154 e. The Bertz CT molecular complexity index is 1370. The molecule has 10 heteroatoms. The molecule has 1 aliphatic carbocycles. The fourth-order valence-corrected chi connectivity index (χ4v) is 5.18. The molecule has 3 heterocycles. The molecule has 2 unspecified atom stereocenters. The van der Waals surface area contributed by atoms with Crippen molar-refractivity contribution in [1.82, 2.24) is 29.5 Å². The molecule has 0 bridgehead atoms. The lowest BCUT2D eigenvalue weighted by Gasteiger charge is -2.38. The number of fused-ring (bicyclic) bond motifs is 1. The van der Waals surface area contributed by atoms with E-state index in [2.05, 4.69) is 19.8 Å². The van der Waals surface area contributed by atoms with Gasteiger partial charge in [0, 0.05) is 22.3 Å². The molecule has 2 N–H and O–H groups in total. The largest absolute Gasteiger partial charge is 0.598 e. The van der Waals surface area contributed by atoms with Crippen LogP contribution in [0.15, 0.2) is 55.0 Å². The summed E-state index contributed by atoms with van der Waals surface area (Å²) < 4.78 is 30.6. The van der Waals surface area contributed by atoms with Crippen LogP contribution in [-0.2, 0) is 18.0 Å². The highest BCUT2D eigenvalue weighted by Gasteiger charge is 2.40. The van der Waals surface area contributed by atoms with Crippen LogP contribution in [0.1, 0.15) is 51.0 Å². The first-order chi connectivity index (χ1) is 17.2. The van der Waals surface area contributed by atoms with E-state index >= 15 is 0 Å². The number of alkyl halides is 1. The molecule has 1 saturated carbocycles. The predicted molar refractivity (Wildman–Crippen MR) is 137 cm³/mol. The Morgan fingerprint density at radius 3 is 2.69 bits per heavy atom. The molecule has 1 aliphatic rings. The zero-order chi connectivity index (χ0) is 25.4. The lowest BCUT2D eigenvalue weighted by atomic mass is 9.76. The van der Waals surface area contributed by atoms with Gasteiger partial charge in [-0.2, -0.15) is 5.10 Å². The van der Waals surface area contributed by atoms with E-state index in [4.69, 9.17) is 4.98 Å². The van der Waals surface area contributed by atoms with E-state index in [1.54, 1.807) is 41.5 Å². The standard InChI is InChI=1S/C26H29FN6O2S/c1-26(2,3)36(35)32-25(18-9-20(34)10-18)22-15-28-14-21(31-22)16-7-8-17-13-29-33(23(17)11-16)24-6-4-5-19(12-27)30-24/h4-8,11,13-15,18,20,25,32,34H,9-10,12H2,1-3H3. The Kier molecular flexibility index (Phi) is 6.78. The van der Waals surface area contributed by atoms with Gasteiger partial charge in [-0.25, -0.2) is 19.0 Å². The van der Waals surface area contributed by atoms with E-state index in [0.29, 0.717) is 35.7 Å². The lowest BCUT2D eigenvalue weighted by molar-refractivity contribution is 0.0272. The van der Waals surface area contributed by atoms with Gasteiger partial charge in [0.15, 0.2) is 5.82 Å². The monoisotopic (exact) mass is 508 g/mol. The van der Waals surface area contributed by atoms with Crippen LogP contribution in [0.4, 0.5) is 4.39 Å². The second kappa shape index (κ2) is 9.85. The van der Waals surface area contributed by atoms with Crippen LogP contribution >= 0.6 is 0 Å². The summed E-state index contributed by atoms with van der Waals surface area (Å²) in [6, 6.07) is 10.8. The smallest absolute Gasteiger partial charge is 0.154 e. The third-order valence-electron chi connectivity index (χ3n) is 6.40. The molecule has 0 saturated heterocycles. The van der Waals surface area contributed by atoms with Crippen molar-refractivity contribution < 1.29 is 14.0 Å². The molecule has 1 fully saturated rings. The number of rotatable bonds is 7. The first-order valence-electron chi connectivity index (χ1n) is 11.9. The highest BCUT2D eigenvalue weighted by molar-refractivity contribution is 7.90. The van der Waals surface area contributed by atoms with Gasteiger partial charge in [-0.1, -0.05) is 18.2 Å². The Balaban J connectivity index is 1.50. The minimum atomic E-state index is -1.30. The fraction of sp³-hybridized carbons (Fsp3) is 0.385. The van der Waals surface area contributed by atoms with E-state index in [-0.39, 0.29) is 18.1 Å². The van der Waals surface area contributed by atoms with Crippen LogP contribution in [-0.4, -0.2) is 45.2 Å². The van der Waals surface area contributed by atoms with Crippen molar-refractivity contribution in [3.63, 3.8) is 0 Å². The Labute approximate surface area is 212 Å². The van der Waals surface area contributed by atoms with E-state index in [0.717, 1.165) is 16.5 Å². The summed E-state index contributed by atoms with van der Waals surface area (Å²) in [5, 5.41) is 15.3. The third-order valence-corrected chi connectivity index (χ3v) is 7.98. The van der Waals surface area contributed by atoms with Gasteiger partial charge in [0.1, 0.15) is 11.4 Å². The first kappa shape index (κ1) is 24.8. The summed E-state index contributed by atoms with van der Waals surface area (Å²) in [5.41, 5.74) is 3.35. The van der Waals surface area contributed by atoms with Gasteiger partial charge in [0.25, 0.3) is 0 Å². The Hall–Kier alpha value is -2.92. The molecule has 4 aromatic rings. The summed E-state index contributed by atoms with van der Waals surface area (Å²) in [5.74, 6) is 0.656. The number of hydrogen-bond donors (Lipinski definition) is 2. The number of aliphatic hydroxyl groups is 1. The molecule has 36 heavy (non-hydrogen) atoms. The van der Waals surface area contributed by atoms with Gasteiger partial charge >= 0.3 is 0 Å². The van der Waals surface area contributed by atoms with Crippen molar-refractivity contribution in [2.24, 2.45) is 5.92 Å². The summed E-state index contributed by atoms with van der Waals surface area (Å²) in [7, 11) is 0. The molecule has 0 amide bonds. The van der Waals surface area contributed by atoms with E-state index in [1.807, 2.05) is 39.0 Å². The van der Waals surface area contributed by atoms with Crippen LogP contribution < -0.4 is 4.72 Å². The van der Waals surface area contributed by atoms with Crippen molar-refractivity contribution in [2.75, 3.05) is 0 Å². The number of halogens is 1. The van der Waals surface area contributed by atoms with Gasteiger partial charge in [0.2, 0.25) is 0 Å². The highest BCUT2D eigenvalue weighted by Crippen LogP contribution is 2.39. The fourth-order valence-electron chi connectivity index (χ4n) is 4.28. The quantitative estimate of drug-likeness (QED) is 0.360. The molecular formula is C26H29FN6O2S. The number of nitrogens with one attached hydrogen (secondary N) is 1. The van der Waals surface area contributed by atoms with Crippen molar-refractivity contribution >= 4 is 22.3 Å². The molecule has 0 radical (unpaired) electrons. The molecule has 5 rings (SSSR count). The first-order valence-corrected chi connectivity index (χ1v) is 13.1. The third kappa shape index (κ3) is 4.99. The topological polar surface area (TPSA) is 112 Å². The molecular weight excluding hydrogens is 479 g/mol. The van der Waals surface area contributed by atoms with Crippen LogP contribution in [0.5, 0.6) is 0 Å². The van der Waals surface area contributed by atoms with Gasteiger partial charge in [-0.15, -0.1) is 4.72 Å². The second-order valence-electron chi connectivity index (χ2n) is 10.1. The number of aliphatic hydroxyl groups excluding tert-OH is 1. The second-order valence-corrected chi connectivity index (χ2v) is 12.1. The van der Waals surface area contributed by atoms with Crippen molar-refractivity contribution in [1.29, 1.82) is 0 Å². The molecule has 3 aromatic heterocycles. The van der Waals surface area contributed by atoms with Gasteiger partial charge in [0.05, 0.1) is 53.3 Å². The number of aromatic nitrogens is 5. The van der Waals surface area contributed by atoms with E-state index in [9.17, 15) is 14.0 Å². The maximum atomic E-state index is 13.2. The van der Waals surface area contributed by atoms with Gasteiger partial charge in [-0.3, -0.25) is 4.98 Å². The summed E-state index contributed by atoms with van der Waals surface area (Å²) in [6.45, 7) is 5.11. The molecule has 188 valence electrons. The van der Waals surface area contributed by atoms with Crippen LogP contribution in [0.25, 0.3) is 28.0 Å². The number of hydrogen-bond acceptors (Lipinski definition) is 7. The summed E-state index contributed by atoms with van der Waals surface area (Å²) >= 11 is -1.30. The molecule has 0 aliphatic heterocycles. The lowest BCUT2D eigenvalue weighted by Crippen LogP contribution is -2.47. The number of pyridine rings is 1. The minimum absolute atomic E-state index is 0.119. The average Bonchev–Trinajstić information content (AvgIpc) is 3.28. The van der Waals surface area contributed by atoms with Crippen LogP contribution in [0.3, 0.4) is 0 Å². The van der Waals surface area contributed by atoms with Gasteiger partial charge < -0.3 is 9.66 Å². The zero-order valence-corrected chi connectivity index (χ0v) is 21.2. The van der Waals surface area contributed by atoms with E-state index in [1.165, 1.54) is 0 Å². The SMILES string of the molecule is CC(C)(C)[S+]([O-])NC(c1cncc(-c2ccc3cnn(-c4cccc(CF)n4)c3c2)n1)C1CC(O)C1. The number of benzene rings is 1. The summed E-state index contributed by atoms with van der Waals surface area (Å²) in [6.07, 6.45) is 6.05. The number of nitrogens with zero attached hydrogens (tertiary/aromatic N) is 5. The van der Waals surface area contributed by atoms with Crippen molar-refractivity contribution in [2.45, 2.75) is 57.2 Å². The maximum absolute atomic E-state index is 13.2. The highest BCUT2D eigenvalue weighted by atomic mass is 32.2. The van der Waals surface area contributed by atoms with Gasteiger partial charge in [-0.05, 0) is 57.7 Å². The Morgan fingerprint density at radius 2 is 1.97 bits per heavy atom. The predicted octanol–water partition coefficient (Wildman–Crippen LogP) is 4.21. The normalized spacial score (nSPS) is 19.7. The summed E-state index contributed by atoms with van der Waals surface area (Å²) in [4.78, 5) is 13.7. The van der Waals surface area contributed by atoms with Crippen molar-refractivity contribution in [3.05, 3.63) is 66.4 Å². The minimum Gasteiger partial charge on any atom is -0.598 e. The zero-order valence-electron chi connectivity index (χ0n) is 20.4. The molecule has 2 atom stereocenters. The van der Waals surface area contributed by atoms with Crippen LogP contribution in [0, 0.1) is 5.92 Å².